The van der Waals surface area contributed by atoms with Crippen LogP contribution in [-0.4, -0.2) is 0 Å². The van der Waals surface area contributed by atoms with Gasteiger partial charge in [0, 0.05) is 0 Å². The molecule has 0 N–H and O–H groups in total. The average Bonchev–Trinajstić information content (AvgIpc) is 2.95. The average molecular weight is 543 g/mol. The highest BCUT2D eigenvalue weighted by molar-refractivity contribution is 4.89. The van der Waals surface area contributed by atoms with Gasteiger partial charge in [-0.2, -0.15) is 0 Å². The fourth-order valence-electron chi connectivity index (χ4n) is 10.3. The fourth-order valence-corrected chi connectivity index (χ4v) is 10.3. The van der Waals surface area contributed by atoms with Gasteiger partial charge in [0.25, 0.3) is 0 Å². The van der Waals surface area contributed by atoms with Crippen molar-refractivity contribution < 1.29 is 0 Å². The van der Waals surface area contributed by atoms with Crippen molar-refractivity contribution in [3.63, 3.8) is 0 Å². The molecule has 9 unspecified atom stereocenters. The first-order valence-electron chi connectivity index (χ1n) is 18.8. The molecule has 3 fully saturated rings. The standard InChI is InChI=1S/C39H74/c1-8-10-12-19-34-23-26-35(27-24-34)33(7)39-28-36(25-22-32(39)6)38(29(3)9-2)21-14-11-13-17-30(4)37-20-16-15-18-31(37)5/h29-39H,8-28H2,1-7H3. The molecule has 0 aliphatic heterocycles. The van der Waals surface area contributed by atoms with Crippen LogP contribution in [0.2, 0.25) is 0 Å². The van der Waals surface area contributed by atoms with E-state index in [1.165, 1.54) is 116 Å². The summed E-state index contributed by atoms with van der Waals surface area (Å²) < 4.78 is 0. The lowest BCUT2D eigenvalue weighted by molar-refractivity contribution is 0.0467. The highest BCUT2D eigenvalue weighted by Crippen LogP contribution is 2.48. The molecule has 0 heterocycles. The Balaban J connectivity index is 1.45. The molecule has 3 aliphatic carbocycles. The minimum Gasteiger partial charge on any atom is -0.0654 e. The van der Waals surface area contributed by atoms with Gasteiger partial charge >= 0.3 is 0 Å². The Morgan fingerprint density at radius 2 is 1.28 bits per heavy atom. The van der Waals surface area contributed by atoms with E-state index in [2.05, 4.69) is 48.5 Å². The first-order chi connectivity index (χ1) is 18.8. The van der Waals surface area contributed by atoms with Gasteiger partial charge in [0.15, 0.2) is 0 Å². The molecule has 0 heteroatoms. The van der Waals surface area contributed by atoms with Crippen molar-refractivity contribution in [2.24, 2.45) is 65.1 Å². The molecular formula is C39H74. The highest BCUT2D eigenvalue weighted by atomic mass is 14.4. The summed E-state index contributed by atoms with van der Waals surface area (Å²) in [4.78, 5) is 0. The van der Waals surface area contributed by atoms with Gasteiger partial charge in [-0.1, -0.05) is 145 Å². The molecule has 0 radical (unpaired) electrons. The zero-order valence-electron chi connectivity index (χ0n) is 28.2. The van der Waals surface area contributed by atoms with Gasteiger partial charge in [-0.3, -0.25) is 0 Å². The molecule has 0 spiro atoms. The molecule has 3 rings (SSSR count). The van der Waals surface area contributed by atoms with Crippen LogP contribution >= 0.6 is 0 Å². The molecule has 0 aromatic carbocycles. The van der Waals surface area contributed by atoms with Gasteiger partial charge < -0.3 is 0 Å². The Bertz CT molecular complexity index is 614. The zero-order chi connectivity index (χ0) is 28.2. The Labute approximate surface area is 248 Å². The molecule has 9 atom stereocenters. The van der Waals surface area contributed by atoms with Gasteiger partial charge in [0.2, 0.25) is 0 Å². The summed E-state index contributed by atoms with van der Waals surface area (Å²) in [6.45, 7) is 17.9. The molecule has 0 aromatic rings. The molecule has 230 valence electrons. The van der Waals surface area contributed by atoms with E-state index in [1.54, 1.807) is 19.3 Å². The SMILES string of the molecule is CCCCCC1CCC(C(C)C2CC(C(CCCCCC(C)C3CCCCC3C)C(C)CC)CCC2C)CC1. The molecule has 3 saturated carbocycles. The van der Waals surface area contributed by atoms with Crippen molar-refractivity contribution in [3.8, 4) is 0 Å². The van der Waals surface area contributed by atoms with Crippen LogP contribution < -0.4 is 0 Å². The second-order valence-corrected chi connectivity index (χ2v) is 15.9. The van der Waals surface area contributed by atoms with Gasteiger partial charge in [-0.15, -0.1) is 0 Å². The largest absolute Gasteiger partial charge is 0.0654 e. The van der Waals surface area contributed by atoms with Crippen molar-refractivity contribution in [1.29, 1.82) is 0 Å². The van der Waals surface area contributed by atoms with Crippen LogP contribution in [-0.2, 0) is 0 Å². The lowest BCUT2D eigenvalue weighted by Crippen LogP contribution is -2.36. The minimum atomic E-state index is 0.917. The van der Waals surface area contributed by atoms with Crippen molar-refractivity contribution in [2.45, 2.75) is 183 Å². The van der Waals surface area contributed by atoms with E-state index < -0.39 is 0 Å². The third-order valence-corrected chi connectivity index (χ3v) is 13.4. The minimum absolute atomic E-state index is 0.917. The monoisotopic (exact) mass is 543 g/mol. The summed E-state index contributed by atoms with van der Waals surface area (Å²) >= 11 is 0. The molecule has 0 amide bonds. The summed E-state index contributed by atoms with van der Waals surface area (Å²) in [5, 5.41) is 0. The van der Waals surface area contributed by atoms with Crippen LogP contribution in [0.1, 0.15) is 183 Å². The van der Waals surface area contributed by atoms with Gasteiger partial charge in [-0.25, -0.2) is 0 Å². The van der Waals surface area contributed by atoms with E-state index in [0.717, 1.165) is 65.1 Å². The summed E-state index contributed by atoms with van der Waals surface area (Å²) in [7, 11) is 0. The molecule has 0 bridgehead atoms. The van der Waals surface area contributed by atoms with E-state index in [0.29, 0.717) is 0 Å². The first-order valence-corrected chi connectivity index (χ1v) is 18.8. The van der Waals surface area contributed by atoms with Crippen LogP contribution in [0.5, 0.6) is 0 Å². The topological polar surface area (TPSA) is 0 Å². The van der Waals surface area contributed by atoms with E-state index in [1.807, 2.05) is 0 Å². The third-order valence-electron chi connectivity index (χ3n) is 13.4. The summed E-state index contributed by atoms with van der Waals surface area (Å²) in [6, 6.07) is 0. The van der Waals surface area contributed by atoms with Crippen LogP contribution in [0.4, 0.5) is 0 Å². The Hall–Kier alpha value is 0. The predicted octanol–water partition coefficient (Wildman–Crippen LogP) is 13.1. The summed E-state index contributed by atoms with van der Waals surface area (Å²) in [6.07, 6.45) is 31.4. The van der Waals surface area contributed by atoms with E-state index >= 15 is 0 Å². The van der Waals surface area contributed by atoms with E-state index in [4.69, 9.17) is 0 Å². The highest BCUT2D eigenvalue weighted by Gasteiger charge is 2.39. The first kappa shape index (κ1) is 33.5. The smallest absolute Gasteiger partial charge is 0.0357 e. The van der Waals surface area contributed by atoms with Gasteiger partial charge in [0.05, 0.1) is 0 Å². The van der Waals surface area contributed by atoms with Crippen LogP contribution in [0.15, 0.2) is 0 Å². The second kappa shape index (κ2) is 17.8. The Kier molecular flexibility index (Phi) is 15.3. The van der Waals surface area contributed by atoms with E-state index in [-0.39, 0.29) is 0 Å². The van der Waals surface area contributed by atoms with Gasteiger partial charge in [0.1, 0.15) is 0 Å². The van der Waals surface area contributed by atoms with Crippen molar-refractivity contribution in [2.75, 3.05) is 0 Å². The molecule has 3 aliphatic rings. The van der Waals surface area contributed by atoms with Crippen LogP contribution in [0.3, 0.4) is 0 Å². The zero-order valence-corrected chi connectivity index (χ0v) is 28.2. The maximum atomic E-state index is 2.69. The lowest BCUT2D eigenvalue weighted by Gasteiger charge is -2.45. The van der Waals surface area contributed by atoms with Crippen LogP contribution in [0, 0.1) is 65.1 Å². The van der Waals surface area contributed by atoms with E-state index in [9.17, 15) is 0 Å². The van der Waals surface area contributed by atoms with Crippen molar-refractivity contribution >= 4 is 0 Å². The summed E-state index contributed by atoms with van der Waals surface area (Å²) in [5.74, 6) is 10.9. The number of unbranched alkanes of at least 4 members (excludes halogenated alkanes) is 4. The van der Waals surface area contributed by atoms with Gasteiger partial charge in [-0.05, 0) is 104 Å². The predicted molar refractivity (Wildman–Crippen MR) is 175 cm³/mol. The lowest BCUT2D eigenvalue weighted by atomic mass is 9.60. The normalized spacial score (nSPS) is 35.3. The molecule has 39 heavy (non-hydrogen) atoms. The number of hydrogen-bond donors (Lipinski definition) is 0. The van der Waals surface area contributed by atoms with Crippen molar-refractivity contribution in [1.82, 2.24) is 0 Å². The molecule has 0 aromatic heterocycles. The Morgan fingerprint density at radius 3 is 1.97 bits per heavy atom. The van der Waals surface area contributed by atoms with Crippen molar-refractivity contribution in [3.05, 3.63) is 0 Å². The molecule has 0 saturated heterocycles. The fraction of sp³-hybridized carbons (Fsp3) is 1.00. The second-order valence-electron chi connectivity index (χ2n) is 15.9. The van der Waals surface area contributed by atoms with Crippen LogP contribution in [0.25, 0.3) is 0 Å². The quantitative estimate of drug-likeness (QED) is 0.170. The maximum Gasteiger partial charge on any atom is -0.0357 e. The Morgan fingerprint density at radius 1 is 0.615 bits per heavy atom. The maximum absolute atomic E-state index is 2.69. The number of rotatable bonds is 16. The molecule has 0 nitrogen and oxygen atoms in total. The third kappa shape index (κ3) is 10.3. The molecular weight excluding hydrogens is 468 g/mol. The number of hydrogen-bond acceptors (Lipinski definition) is 0. The summed E-state index contributed by atoms with van der Waals surface area (Å²) in [5.41, 5.74) is 0.